The van der Waals surface area contributed by atoms with Crippen molar-refractivity contribution in [2.45, 2.75) is 19.4 Å². The number of aliphatic hydroxyl groups excluding tert-OH is 1. The third-order valence-electron chi connectivity index (χ3n) is 2.94. The van der Waals surface area contributed by atoms with Crippen LogP contribution in [-0.4, -0.2) is 5.11 Å². The number of halogens is 3. The fraction of sp³-hybridized carbons (Fsp3) is 0.200. The van der Waals surface area contributed by atoms with Crippen molar-refractivity contribution in [1.29, 1.82) is 0 Å². The molecular formula is C15H13BrF2O. The van der Waals surface area contributed by atoms with Crippen molar-refractivity contribution in [2.24, 2.45) is 0 Å². The highest BCUT2D eigenvalue weighted by molar-refractivity contribution is 9.10. The molecule has 2 aromatic carbocycles. The summed E-state index contributed by atoms with van der Waals surface area (Å²) in [6, 6.07) is 8.84. The zero-order chi connectivity index (χ0) is 14.0. The van der Waals surface area contributed by atoms with Crippen LogP contribution in [0.15, 0.2) is 40.9 Å². The lowest BCUT2D eigenvalue weighted by Crippen LogP contribution is -2.05. The molecule has 4 heteroatoms. The van der Waals surface area contributed by atoms with Crippen molar-refractivity contribution in [2.75, 3.05) is 0 Å². The van der Waals surface area contributed by atoms with Gasteiger partial charge in [-0.3, -0.25) is 0 Å². The van der Waals surface area contributed by atoms with Gasteiger partial charge in [0.25, 0.3) is 0 Å². The van der Waals surface area contributed by atoms with Gasteiger partial charge in [-0.05, 0) is 30.7 Å². The molecule has 1 unspecified atom stereocenters. The van der Waals surface area contributed by atoms with E-state index in [2.05, 4.69) is 15.9 Å². The van der Waals surface area contributed by atoms with Gasteiger partial charge in [-0.15, -0.1) is 0 Å². The van der Waals surface area contributed by atoms with E-state index in [1.807, 2.05) is 6.92 Å². The van der Waals surface area contributed by atoms with E-state index < -0.39 is 11.9 Å². The molecule has 0 spiro atoms. The Labute approximate surface area is 119 Å². The number of aliphatic hydroxyl groups is 1. The lowest BCUT2D eigenvalue weighted by Gasteiger charge is -2.14. The second-order valence-electron chi connectivity index (χ2n) is 4.48. The summed E-state index contributed by atoms with van der Waals surface area (Å²) in [6.07, 6.45) is -0.733. The van der Waals surface area contributed by atoms with Crippen molar-refractivity contribution in [3.8, 4) is 0 Å². The molecule has 0 aliphatic heterocycles. The fourth-order valence-electron chi connectivity index (χ4n) is 1.92. The molecule has 1 N–H and O–H groups in total. The molecule has 0 saturated heterocycles. The Kier molecular flexibility index (Phi) is 4.32. The topological polar surface area (TPSA) is 20.2 Å². The molecule has 100 valence electrons. The van der Waals surface area contributed by atoms with Crippen LogP contribution in [0.25, 0.3) is 0 Å². The molecule has 0 amide bonds. The maximum atomic E-state index is 13.7. The average molecular weight is 327 g/mol. The zero-order valence-electron chi connectivity index (χ0n) is 10.3. The summed E-state index contributed by atoms with van der Waals surface area (Å²) in [7, 11) is 0. The average Bonchev–Trinajstić information content (AvgIpc) is 2.35. The van der Waals surface area contributed by atoms with E-state index in [-0.39, 0.29) is 17.8 Å². The van der Waals surface area contributed by atoms with Gasteiger partial charge in [-0.1, -0.05) is 39.7 Å². The Hall–Kier alpha value is -1.26. The summed E-state index contributed by atoms with van der Waals surface area (Å²) in [4.78, 5) is 0. The summed E-state index contributed by atoms with van der Waals surface area (Å²) >= 11 is 3.24. The van der Waals surface area contributed by atoms with Crippen molar-refractivity contribution in [1.82, 2.24) is 0 Å². The monoisotopic (exact) mass is 326 g/mol. The summed E-state index contributed by atoms with van der Waals surface area (Å²) in [5.41, 5.74) is 1.87. The third-order valence-corrected chi connectivity index (χ3v) is 3.68. The van der Waals surface area contributed by atoms with E-state index in [4.69, 9.17) is 0 Å². The van der Waals surface area contributed by atoms with Gasteiger partial charge < -0.3 is 5.11 Å². The molecule has 19 heavy (non-hydrogen) atoms. The number of rotatable bonds is 3. The van der Waals surface area contributed by atoms with Crippen LogP contribution in [0.2, 0.25) is 0 Å². The van der Waals surface area contributed by atoms with Gasteiger partial charge in [0.15, 0.2) is 0 Å². The molecule has 0 bridgehead atoms. The molecule has 0 fully saturated rings. The molecule has 1 atom stereocenters. The first-order chi connectivity index (χ1) is 8.97. The SMILES string of the molecule is Cc1ccc(F)c(C(O)Cc2ccc(F)cc2Br)c1. The lowest BCUT2D eigenvalue weighted by molar-refractivity contribution is 0.173. The smallest absolute Gasteiger partial charge is 0.129 e. The van der Waals surface area contributed by atoms with Crippen molar-refractivity contribution in [3.63, 3.8) is 0 Å². The van der Waals surface area contributed by atoms with Crippen LogP contribution in [0.5, 0.6) is 0 Å². The van der Waals surface area contributed by atoms with Crippen LogP contribution in [-0.2, 0) is 6.42 Å². The first-order valence-electron chi connectivity index (χ1n) is 5.85. The Morgan fingerprint density at radius 1 is 1.16 bits per heavy atom. The van der Waals surface area contributed by atoms with Gasteiger partial charge >= 0.3 is 0 Å². The Morgan fingerprint density at radius 2 is 1.89 bits per heavy atom. The molecular weight excluding hydrogens is 314 g/mol. The number of aryl methyl sites for hydroxylation is 1. The van der Waals surface area contributed by atoms with Gasteiger partial charge in [0.1, 0.15) is 11.6 Å². The van der Waals surface area contributed by atoms with E-state index in [1.165, 1.54) is 18.2 Å². The Balaban J connectivity index is 2.25. The first kappa shape index (κ1) is 14.2. The van der Waals surface area contributed by atoms with Crippen LogP contribution in [0, 0.1) is 18.6 Å². The van der Waals surface area contributed by atoms with E-state index in [0.29, 0.717) is 4.47 Å². The second kappa shape index (κ2) is 5.80. The molecule has 1 nitrogen and oxygen atoms in total. The van der Waals surface area contributed by atoms with E-state index >= 15 is 0 Å². The highest BCUT2D eigenvalue weighted by atomic mass is 79.9. The third kappa shape index (κ3) is 3.39. The van der Waals surface area contributed by atoms with Crippen molar-refractivity contribution in [3.05, 3.63) is 69.2 Å². The number of hydrogen-bond acceptors (Lipinski definition) is 1. The summed E-state index contributed by atoms with van der Waals surface area (Å²) in [6.45, 7) is 1.84. The normalized spacial score (nSPS) is 12.5. The molecule has 0 heterocycles. The molecule has 0 saturated carbocycles. The second-order valence-corrected chi connectivity index (χ2v) is 5.33. The maximum Gasteiger partial charge on any atom is 0.129 e. The molecule has 0 aliphatic rings. The van der Waals surface area contributed by atoms with E-state index in [9.17, 15) is 13.9 Å². The molecule has 0 radical (unpaired) electrons. The Bertz CT molecular complexity index is 599. The minimum atomic E-state index is -0.957. The van der Waals surface area contributed by atoms with Crippen LogP contribution in [0.3, 0.4) is 0 Å². The largest absolute Gasteiger partial charge is 0.388 e. The Morgan fingerprint density at radius 3 is 2.58 bits per heavy atom. The van der Waals surface area contributed by atoms with Crippen molar-refractivity contribution < 1.29 is 13.9 Å². The highest BCUT2D eigenvalue weighted by Gasteiger charge is 2.15. The molecule has 2 rings (SSSR count). The van der Waals surface area contributed by atoms with E-state index in [1.54, 1.807) is 18.2 Å². The van der Waals surface area contributed by atoms with Gasteiger partial charge in [0, 0.05) is 16.5 Å². The van der Waals surface area contributed by atoms with E-state index in [0.717, 1.165) is 11.1 Å². The van der Waals surface area contributed by atoms with Crippen LogP contribution < -0.4 is 0 Å². The molecule has 2 aromatic rings. The minimum Gasteiger partial charge on any atom is -0.388 e. The molecule has 0 aromatic heterocycles. The zero-order valence-corrected chi connectivity index (χ0v) is 11.9. The van der Waals surface area contributed by atoms with Gasteiger partial charge in [-0.2, -0.15) is 0 Å². The first-order valence-corrected chi connectivity index (χ1v) is 6.64. The van der Waals surface area contributed by atoms with Crippen molar-refractivity contribution >= 4 is 15.9 Å². The number of hydrogen-bond donors (Lipinski definition) is 1. The van der Waals surface area contributed by atoms with Gasteiger partial charge in [-0.25, -0.2) is 8.78 Å². The van der Waals surface area contributed by atoms with Crippen LogP contribution >= 0.6 is 15.9 Å². The molecule has 0 aliphatic carbocycles. The van der Waals surface area contributed by atoms with Crippen LogP contribution in [0.1, 0.15) is 22.8 Å². The highest BCUT2D eigenvalue weighted by Crippen LogP contribution is 2.26. The summed E-state index contributed by atoms with van der Waals surface area (Å²) in [5.74, 6) is -0.789. The quantitative estimate of drug-likeness (QED) is 0.891. The summed E-state index contributed by atoms with van der Waals surface area (Å²) < 4.78 is 27.2. The maximum absolute atomic E-state index is 13.7. The summed E-state index contributed by atoms with van der Waals surface area (Å²) in [5, 5.41) is 10.1. The van der Waals surface area contributed by atoms with Gasteiger partial charge in [0.2, 0.25) is 0 Å². The minimum absolute atomic E-state index is 0.223. The number of benzene rings is 2. The predicted molar refractivity (Wildman–Crippen MR) is 73.9 cm³/mol. The standard InChI is InChI=1S/C15H13BrF2O/c1-9-2-5-14(18)12(6-9)15(19)7-10-3-4-11(17)8-13(10)16/h2-6,8,15,19H,7H2,1H3. The fourth-order valence-corrected chi connectivity index (χ4v) is 2.44. The predicted octanol–water partition coefficient (Wildman–Crippen LogP) is 4.31. The van der Waals surface area contributed by atoms with Crippen LogP contribution in [0.4, 0.5) is 8.78 Å². The van der Waals surface area contributed by atoms with Gasteiger partial charge in [0.05, 0.1) is 6.10 Å². The lowest BCUT2D eigenvalue weighted by atomic mass is 9.99.